The summed E-state index contributed by atoms with van der Waals surface area (Å²) in [4.78, 5) is 0. The van der Waals surface area contributed by atoms with Crippen molar-refractivity contribution in [1.29, 1.82) is 0 Å². The number of rotatable bonds is 8. The molecule has 0 aliphatic carbocycles. The van der Waals surface area contributed by atoms with Gasteiger partial charge >= 0.3 is 0 Å². The molecule has 0 fully saturated rings. The van der Waals surface area contributed by atoms with Crippen molar-refractivity contribution in [3.05, 3.63) is 29.3 Å². The van der Waals surface area contributed by atoms with Gasteiger partial charge in [-0.1, -0.05) is 31.5 Å². The molecule has 0 aliphatic rings. The van der Waals surface area contributed by atoms with E-state index in [1.54, 1.807) is 7.11 Å². The largest absolute Gasteiger partial charge is 0.496 e. The van der Waals surface area contributed by atoms with E-state index >= 15 is 0 Å². The average Bonchev–Trinajstić information content (AvgIpc) is 2.44. The molecule has 1 aromatic rings. The highest BCUT2D eigenvalue weighted by atomic mass is 16.5. The van der Waals surface area contributed by atoms with Gasteiger partial charge in [0.05, 0.1) is 18.8 Å². The van der Waals surface area contributed by atoms with E-state index in [2.05, 4.69) is 45.1 Å². The van der Waals surface area contributed by atoms with Crippen LogP contribution in [0.15, 0.2) is 18.2 Å². The van der Waals surface area contributed by atoms with Gasteiger partial charge < -0.3 is 14.8 Å². The Morgan fingerprint density at radius 2 is 1.95 bits per heavy atom. The van der Waals surface area contributed by atoms with Gasteiger partial charge in [0.15, 0.2) is 0 Å². The number of benzene rings is 1. The third-order valence-electron chi connectivity index (χ3n) is 3.89. The minimum atomic E-state index is -0.244. The van der Waals surface area contributed by atoms with Crippen molar-refractivity contribution in [2.24, 2.45) is 0 Å². The van der Waals surface area contributed by atoms with Gasteiger partial charge in [0, 0.05) is 12.2 Å². The molecule has 0 aromatic heterocycles. The second-order valence-electron chi connectivity index (χ2n) is 5.34. The Hall–Kier alpha value is -1.06. The van der Waals surface area contributed by atoms with Crippen molar-refractivity contribution in [2.45, 2.75) is 52.7 Å². The summed E-state index contributed by atoms with van der Waals surface area (Å²) in [5.74, 6) is 0.918. The van der Waals surface area contributed by atoms with Crippen molar-refractivity contribution in [1.82, 2.24) is 5.32 Å². The van der Waals surface area contributed by atoms with Gasteiger partial charge in [-0.05, 0) is 39.8 Å². The van der Waals surface area contributed by atoms with Crippen LogP contribution in [-0.4, -0.2) is 25.9 Å². The minimum absolute atomic E-state index is 0.118. The molecule has 0 saturated heterocycles. The zero-order valence-electron chi connectivity index (χ0n) is 13.7. The lowest BCUT2D eigenvalue weighted by molar-refractivity contribution is -0.0564. The minimum Gasteiger partial charge on any atom is -0.496 e. The average molecular weight is 279 g/mol. The van der Waals surface area contributed by atoms with Gasteiger partial charge in [-0.15, -0.1) is 0 Å². The smallest absolute Gasteiger partial charge is 0.123 e. The van der Waals surface area contributed by atoms with E-state index in [1.165, 1.54) is 11.1 Å². The lowest BCUT2D eigenvalue weighted by Crippen LogP contribution is -2.43. The summed E-state index contributed by atoms with van der Waals surface area (Å²) in [7, 11) is 1.72. The van der Waals surface area contributed by atoms with Crippen molar-refractivity contribution in [3.63, 3.8) is 0 Å². The molecule has 114 valence electrons. The number of ether oxygens (including phenoxy) is 2. The quantitative estimate of drug-likeness (QED) is 0.784. The van der Waals surface area contributed by atoms with Crippen LogP contribution in [0.4, 0.5) is 0 Å². The summed E-state index contributed by atoms with van der Waals surface area (Å²) in [5, 5.41) is 3.57. The molecule has 0 radical (unpaired) electrons. The summed E-state index contributed by atoms with van der Waals surface area (Å²) in [6.45, 7) is 12.2. The normalized spacial score (nSPS) is 15.7. The second-order valence-corrected chi connectivity index (χ2v) is 5.34. The van der Waals surface area contributed by atoms with E-state index < -0.39 is 0 Å². The van der Waals surface area contributed by atoms with Crippen LogP contribution >= 0.6 is 0 Å². The lowest BCUT2D eigenvalue weighted by Gasteiger charge is -2.38. The molecule has 1 aromatic carbocycles. The molecule has 2 atom stereocenters. The summed E-state index contributed by atoms with van der Waals surface area (Å²) in [5.41, 5.74) is 2.16. The van der Waals surface area contributed by atoms with Gasteiger partial charge in [0.1, 0.15) is 5.75 Å². The number of hydrogen-bond acceptors (Lipinski definition) is 3. The fourth-order valence-corrected chi connectivity index (χ4v) is 2.66. The molecule has 0 saturated carbocycles. The summed E-state index contributed by atoms with van der Waals surface area (Å²) >= 11 is 0. The van der Waals surface area contributed by atoms with Crippen LogP contribution in [0.25, 0.3) is 0 Å². The third kappa shape index (κ3) is 3.74. The molecule has 0 heterocycles. The van der Waals surface area contributed by atoms with E-state index in [4.69, 9.17) is 9.47 Å². The molecule has 0 bridgehead atoms. The summed E-state index contributed by atoms with van der Waals surface area (Å²) in [6.07, 6.45) is 0.940. The lowest BCUT2D eigenvalue weighted by atomic mass is 9.86. The Morgan fingerprint density at radius 3 is 2.45 bits per heavy atom. The highest BCUT2D eigenvalue weighted by Gasteiger charge is 2.35. The van der Waals surface area contributed by atoms with Gasteiger partial charge in [-0.2, -0.15) is 0 Å². The van der Waals surface area contributed by atoms with Crippen LogP contribution in [0.3, 0.4) is 0 Å². The Kier molecular flexibility index (Phi) is 6.50. The van der Waals surface area contributed by atoms with E-state index in [0.29, 0.717) is 6.61 Å². The fraction of sp³-hybridized carbons (Fsp3) is 0.647. The Balaban J connectivity index is 3.28. The number of aryl methyl sites for hydroxylation is 1. The first-order valence-electron chi connectivity index (χ1n) is 7.54. The molecule has 1 rings (SSSR count). The van der Waals surface area contributed by atoms with Crippen molar-refractivity contribution < 1.29 is 9.47 Å². The Bertz CT molecular complexity index is 419. The fourth-order valence-electron chi connectivity index (χ4n) is 2.66. The molecular formula is C17H29NO2. The zero-order chi connectivity index (χ0) is 15.2. The maximum atomic E-state index is 6.07. The summed E-state index contributed by atoms with van der Waals surface area (Å²) < 4.78 is 11.6. The van der Waals surface area contributed by atoms with Crippen LogP contribution in [0, 0.1) is 6.92 Å². The maximum Gasteiger partial charge on any atom is 0.123 e. The zero-order valence-corrected chi connectivity index (χ0v) is 13.7. The SMILES string of the molecule is CCNC(c1cc(C)ccc1OC)C(C)(CC)OCC. The number of methoxy groups -OCH3 is 1. The van der Waals surface area contributed by atoms with E-state index in [9.17, 15) is 0 Å². The Morgan fingerprint density at radius 1 is 1.25 bits per heavy atom. The van der Waals surface area contributed by atoms with Crippen LogP contribution in [0.5, 0.6) is 5.75 Å². The van der Waals surface area contributed by atoms with E-state index in [1.807, 2.05) is 13.0 Å². The number of nitrogens with one attached hydrogen (secondary N) is 1. The molecule has 0 aliphatic heterocycles. The summed E-state index contributed by atoms with van der Waals surface area (Å²) in [6, 6.07) is 6.43. The van der Waals surface area contributed by atoms with Gasteiger partial charge in [-0.3, -0.25) is 0 Å². The van der Waals surface area contributed by atoms with Gasteiger partial charge in [-0.25, -0.2) is 0 Å². The molecule has 3 heteroatoms. The van der Waals surface area contributed by atoms with Crippen LogP contribution < -0.4 is 10.1 Å². The predicted molar refractivity (Wildman–Crippen MR) is 84.5 cm³/mol. The van der Waals surface area contributed by atoms with Crippen molar-refractivity contribution in [2.75, 3.05) is 20.3 Å². The van der Waals surface area contributed by atoms with Crippen molar-refractivity contribution >= 4 is 0 Å². The van der Waals surface area contributed by atoms with Gasteiger partial charge in [0.25, 0.3) is 0 Å². The monoisotopic (exact) mass is 279 g/mol. The number of likely N-dealkylation sites (N-methyl/N-ethyl adjacent to an activating group) is 1. The molecule has 0 spiro atoms. The van der Waals surface area contributed by atoms with Gasteiger partial charge in [0.2, 0.25) is 0 Å². The first kappa shape index (κ1) is 17.0. The first-order valence-corrected chi connectivity index (χ1v) is 7.54. The van der Waals surface area contributed by atoms with Crippen molar-refractivity contribution in [3.8, 4) is 5.75 Å². The van der Waals surface area contributed by atoms with Crippen LogP contribution in [0.1, 0.15) is 51.3 Å². The van der Waals surface area contributed by atoms with E-state index in [0.717, 1.165) is 18.7 Å². The standard InChI is InChI=1S/C17H29NO2/c1-7-17(5,20-9-3)16(18-8-2)14-12-13(4)10-11-15(14)19-6/h10-12,16,18H,7-9H2,1-6H3. The Labute approximate surface area is 123 Å². The molecule has 2 unspecified atom stereocenters. The van der Waals surface area contributed by atoms with E-state index in [-0.39, 0.29) is 11.6 Å². The molecule has 0 amide bonds. The highest BCUT2D eigenvalue weighted by molar-refractivity contribution is 5.40. The molecular weight excluding hydrogens is 250 g/mol. The van der Waals surface area contributed by atoms with Crippen LogP contribution in [0.2, 0.25) is 0 Å². The first-order chi connectivity index (χ1) is 9.52. The second kappa shape index (κ2) is 7.65. The predicted octanol–water partition coefficient (Wildman–Crippen LogP) is 3.86. The maximum absolute atomic E-state index is 6.07. The molecule has 20 heavy (non-hydrogen) atoms. The van der Waals surface area contributed by atoms with Crippen LogP contribution in [-0.2, 0) is 4.74 Å². The highest BCUT2D eigenvalue weighted by Crippen LogP contribution is 2.37. The number of hydrogen-bond donors (Lipinski definition) is 1. The topological polar surface area (TPSA) is 30.5 Å². The molecule has 1 N–H and O–H groups in total. The third-order valence-corrected chi connectivity index (χ3v) is 3.89. The molecule has 3 nitrogen and oxygen atoms in total.